The van der Waals surface area contributed by atoms with Gasteiger partial charge in [-0.1, -0.05) is 37.1 Å². The van der Waals surface area contributed by atoms with Gasteiger partial charge in [-0.05, 0) is 36.3 Å². The average Bonchev–Trinajstić information content (AvgIpc) is 2.93. The summed E-state index contributed by atoms with van der Waals surface area (Å²) < 4.78 is 10.9. The smallest absolute Gasteiger partial charge is 0.258 e. The van der Waals surface area contributed by atoms with E-state index in [9.17, 15) is 4.79 Å². The zero-order chi connectivity index (χ0) is 18.5. The summed E-state index contributed by atoms with van der Waals surface area (Å²) in [6, 6.07) is 13.4. The number of fused-ring (bicyclic) bond motifs is 1. The first-order valence-electron chi connectivity index (χ1n) is 8.56. The number of rotatable bonds is 6. The Labute approximate surface area is 154 Å². The van der Waals surface area contributed by atoms with E-state index in [4.69, 9.17) is 15.9 Å². The number of hydrogen-bond donors (Lipinski definition) is 0. The number of amides is 1. The lowest BCUT2D eigenvalue weighted by atomic mass is 10.0. The summed E-state index contributed by atoms with van der Waals surface area (Å²) in [5.41, 5.74) is 3.48. The maximum Gasteiger partial charge on any atom is 0.258 e. The van der Waals surface area contributed by atoms with Crippen molar-refractivity contribution in [2.75, 3.05) is 25.2 Å². The molecule has 4 nitrogen and oxygen atoms in total. The largest absolute Gasteiger partial charge is 0.493 e. The monoisotopic (exact) mass is 347 g/mol. The number of hydrogen-bond acceptors (Lipinski definition) is 3. The molecule has 1 aliphatic rings. The zero-order valence-electron chi connectivity index (χ0n) is 15.0. The second-order valence-electron chi connectivity index (χ2n) is 5.94. The third-order valence-corrected chi connectivity index (χ3v) is 4.22. The SMILES string of the molecule is C#CCOc1ccc(/C=C2\C(=O)N(CCC)c3ccccc32)cc1OC. The first-order valence-corrected chi connectivity index (χ1v) is 8.56. The summed E-state index contributed by atoms with van der Waals surface area (Å²) in [6.45, 7) is 2.95. The molecule has 132 valence electrons. The normalized spacial score (nSPS) is 14.3. The van der Waals surface area contributed by atoms with E-state index < -0.39 is 0 Å². The van der Waals surface area contributed by atoms with E-state index in [0.29, 0.717) is 23.6 Å². The predicted molar refractivity (Wildman–Crippen MR) is 104 cm³/mol. The highest BCUT2D eigenvalue weighted by molar-refractivity contribution is 6.35. The molecule has 0 fully saturated rings. The molecule has 1 heterocycles. The summed E-state index contributed by atoms with van der Waals surface area (Å²) in [5.74, 6) is 3.63. The molecule has 0 saturated heterocycles. The molecule has 0 radical (unpaired) electrons. The van der Waals surface area contributed by atoms with Gasteiger partial charge in [0.25, 0.3) is 5.91 Å². The molecule has 0 bridgehead atoms. The molecule has 0 unspecified atom stereocenters. The van der Waals surface area contributed by atoms with E-state index in [-0.39, 0.29) is 12.5 Å². The molecule has 0 spiro atoms. The summed E-state index contributed by atoms with van der Waals surface area (Å²) >= 11 is 0. The Kier molecular flexibility index (Phi) is 5.28. The van der Waals surface area contributed by atoms with Crippen LogP contribution in [0.5, 0.6) is 11.5 Å². The number of carbonyl (C=O) groups is 1. The molecule has 0 aromatic heterocycles. The van der Waals surface area contributed by atoms with Crippen molar-refractivity contribution < 1.29 is 14.3 Å². The number of terminal acetylenes is 1. The van der Waals surface area contributed by atoms with Crippen LogP contribution in [0.2, 0.25) is 0 Å². The Morgan fingerprint density at radius 3 is 2.73 bits per heavy atom. The van der Waals surface area contributed by atoms with Crippen LogP contribution in [0.3, 0.4) is 0 Å². The summed E-state index contributed by atoms with van der Waals surface area (Å²) in [7, 11) is 1.58. The van der Waals surface area contributed by atoms with E-state index in [1.54, 1.807) is 13.2 Å². The van der Waals surface area contributed by atoms with Crippen LogP contribution in [-0.2, 0) is 4.79 Å². The minimum Gasteiger partial charge on any atom is -0.493 e. The quantitative estimate of drug-likeness (QED) is 0.585. The Morgan fingerprint density at radius 2 is 2.00 bits per heavy atom. The van der Waals surface area contributed by atoms with Crippen LogP contribution in [0.15, 0.2) is 42.5 Å². The number of methoxy groups -OCH3 is 1. The molecular weight excluding hydrogens is 326 g/mol. The van der Waals surface area contributed by atoms with Crippen molar-refractivity contribution in [1.82, 2.24) is 0 Å². The van der Waals surface area contributed by atoms with Crippen LogP contribution in [0.25, 0.3) is 11.6 Å². The van der Waals surface area contributed by atoms with E-state index >= 15 is 0 Å². The molecule has 3 rings (SSSR count). The second-order valence-corrected chi connectivity index (χ2v) is 5.94. The third-order valence-electron chi connectivity index (χ3n) is 4.22. The summed E-state index contributed by atoms with van der Waals surface area (Å²) in [6.07, 6.45) is 8.04. The van der Waals surface area contributed by atoms with Crippen molar-refractivity contribution in [3.05, 3.63) is 53.6 Å². The number of benzene rings is 2. The van der Waals surface area contributed by atoms with Gasteiger partial charge in [-0.15, -0.1) is 6.42 Å². The van der Waals surface area contributed by atoms with E-state index in [0.717, 1.165) is 23.2 Å². The second kappa shape index (κ2) is 7.79. The van der Waals surface area contributed by atoms with Crippen molar-refractivity contribution in [2.45, 2.75) is 13.3 Å². The fraction of sp³-hybridized carbons (Fsp3) is 0.227. The number of anilines is 1. The van der Waals surface area contributed by atoms with Crippen LogP contribution in [0.1, 0.15) is 24.5 Å². The summed E-state index contributed by atoms with van der Waals surface area (Å²) in [4.78, 5) is 14.7. The zero-order valence-corrected chi connectivity index (χ0v) is 15.0. The van der Waals surface area contributed by atoms with Gasteiger partial charge < -0.3 is 14.4 Å². The molecular formula is C22H21NO3. The molecule has 26 heavy (non-hydrogen) atoms. The standard InChI is InChI=1S/C22H21NO3/c1-4-12-23-19-9-7-6-8-17(19)18(22(23)24)14-16-10-11-20(26-13-5-2)21(15-16)25-3/h2,6-11,14-15H,4,12-13H2,1,3H3/b18-14-. The highest BCUT2D eigenvalue weighted by atomic mass is 16.5. The third kappa shape index (κ3) is 3.29. The van der Waals surface area contributed by atoms with Crippen LogP contribution in [0.4, 0.5) is 5.69 Å². The molecule has 0 atom stereocenters. The van der Waals surface area contributed by atoms with Crippen molar-refractivity contribution >= 4 is 23.2 Å². The van der Waals surface area contributed by atoms with Gasteiger partial charge in [0.05, 0.1) is 12.8 Å². The Morgan fingerprint density at radius 1 is 1.19 bits per heavy atom. The Balaban J connectivity index is 1.99. The average molecular weight is 347 g/mol. The Bertz CT molecular complexity index is 893. The topological polar surface area (TPSA) is 38.8 Å². The predicted octanol–water partition coefficient (Wildman–Crippen LogP) is 4.00. The fourth-order valence-electron chi connectivity index (χ4n) is 3.07. The minimum absolute atomic E-state index is 0.0275. The molecule has 1 aliphatic heterocycles. The number of para-hydroxylation sites is 1. The van der Waals surface area contributed by atoms with Gasteiger partial charge in [-0.3, -0.25) is 4.79 Å². The number of ether oxygens (including phenoxy) is 2. The molecule has 0 aliphatic carbocycles. The lowest BCUT2D eigenvalue weighted by Gasteiger charge is -2.15. The van der Waals surface area contributed by atoms with Crippen molar-refractivity contribution in [1.29, 1.82) is 0 Å². The molecule has 2 aromatic rings. The van der Waals surface area contributed by atoms with Crippen LogP contribution < -0.4 is 14.4 Å². The van der Waals surface area contributed by atoms with Gasteiger partial charge in [0, 0.05) is 17.7 Å². The maximum atomic E-state index is 12.9. The molecule has 1 amide bonds. The van der Waals surface area contributed by atoms with Gasteiger partial charge in [-0.2, -0.15) is 0 Å². The minimum atomic E-state index is 0.0275. The number of nitrogens with zero attached hydrogens (tertiary/aromatic N) is 1. The van der Waals surface area contributed by atoms with Crippen molar-refractivity contribution in [2.24, 2.45) is 0 Å². The van der Waals surface area contributed by atoms with Crippen molar-refractivity contribution in [3.63, 3.8) is 0 Å². The Hall–Kier alpha value is -3.19. The van der Waals surface area contributed by atoms with Gasteiger partial charge >= 0.3 is 0 Å². The van der Waals surface area contributed by atoms with Crippen molar-refractivity contribution in [3.8, 4) is 23.8 Å². The maximum absolute atomic E-state index is 12.9. The molecule has 4 heteroatoms. The fourth-order valence-corrected chi connectivity index (χ4v) is 3.07. The van der Waals surface area contributed by atoms with E-state index in [2.05, 4.69) is 12.8 Å². The summed E-state index contributed by atoms with van der Waals surface area (Å²) in [5, 5.41) is 0. The first-order chi connectivity index (χ1) is 12.7. The highest BCUT2D eigenvalue weighted by Gasteiger charge is 2.31. The van der Waals surface area contributed by atoms with E-state index in [1.807, 2.05) is 47.4 Å². The van der Waals surface area contributed by atoms with Gasteiger partial charge in [0.15, 0.2) is 11.5 Å². The van der Waals surface area contributed by atoms with Gasteiger partial charge in [0.2, 0.25) is 0 Å². The van der Waals surface area contributed by atoms with Crippen LogP contribution in [0, 0.1) is 12.3 Å². The van der Waals surface area contributed by atoms with Gasteiger partial charge in [0.1, 0.15) is 6.61 Å². The first kappa shape index (κ1) is 17.6. The van der Waals surface area contributed by atoms with E-state index in [1.165, 1.54) is 0 Å². The highest BCUT2D eigenvalue weighted by Crippen LogP contribution is 2.38. The molecule has 0 saturated carbocycles. The molecule has 2 aromatic carbocycles. The molecule has 0 N–H and O–H groups in total. The van der Waals surface area contributed by atoms with Gasteiger partial charge in [-0.25, -0.2) is 0 Å². The van der Waals surface area contributed by atoms with Crippen LogP contribution >= 0.6 is 0 Å². The lowest BCUT2D eigenvalue weighted by molar-refractivity contribution is -0.113. The van der Waals surface area contributed by atoms with Crippen LogP contribution in [-0.4, -0.2) is 26.2 Å². The number of carbonyl (C=O) groups excluding carboxylic acids is 1. The lowest BCUT2D eigenvalue weighted by Crippen LogP contribution is -2.26.